The molecule has 0 nitrogen and oxygen atoms in total. The molecular formula is C14H21. The van der Waals surface area contributed by atoms with Crippen molar-refractivity contribution < 1.29 is 0 Å². The molecule has 14 heavy (non-hydrogen) atoms. The number of aryl methyl sites for hydroxylation is 1. The molecule has 0 bridgehead atoms. The van der Waals surface area contributed by atoms with Crippen LogP contribution in [0.1, 0.15) is 50.7 Å². The molecule has 0 aromatic heterocycles. The summed E-state index contributed by atoms with van der Waals surface area (Å²) >= 11 is 0. The predicted molar refractivity (Wildman–Crippen MR) is 63.4 cm³/mol. The van der Waals surface area contributed by atoms with E-state index in [0.29, 0.717) is 0 Å². The lowest BCUT2D eigenvalue weighted by Gasteiger charge is -2.02. The smallest absolute Gasteiger partial charge is 0.00958 e. The number of rotatable bonds is 6. The molecule has 0 aliphatic heterocycles. The van der Waals surface area contributed by atoms with Crippen molar-refractivity contribution in [2.75, 3.05) is 0 Å². The maximum atomic E-state index is 2.26. The quantitative estimate of drug-likeness (QED) is 0.582. The standard InChI is InChI=1S/C14H21/c1-3-5-6-8-14-11-9-13(7-4-2)10-12-14/h7,9-12H,3-6,8H2,1-2H3. The predicted octanol–water partition coefficient (Wildman–Crippen LogP) is 4.38. The molecule has 0 atom stereocenters. The van der Waals surface area contributed by atoms with E-state index in [0.717, 1.165) is 6.42 Å². The first-order chi connectivity index (χ1) is 6.86. The van der Waals surface area contributed by atoms with Gasteiger partial charge in [0.2, 0.25) is 0 Å². The Hall–Kier alpha value is -0.780. The number of hydrogen-bond donors (Lipinski definition) is 0. The minimum Gasteiger partial charge on any atom is -0.0654 e. The molecule has 1 radical (unpaired) electrons. The van der Waals surface area contributed by atoms with Gasteiger partial charge in [-0.25, -0.2) is 0 Å². The van der Waals surface area contributed by atoms with Crippen molar-refractivity contribution in [3.05, 3.63) is 41.8 Å². The van der Waals surface area contributed by atoms with E-state index in [1.54, 1.807) is 0 Å². The van der Waals surface area contributed by atoms with E-state index in [9.17, 15) is 0 Å². The third-order valence-corrected chi connectivity index (χ3v) is 2.49. The zero-order valence-corrected chi connectivity index (χ0v) is 9.42. The molecule has 0 heteroatoms. The van der Waals surface area contributed by atoms with Gasteiger partial charge < -0.3 is 0 Å². The molecule has 0 amide bonds. The Balaban J connectivity index is 2.38. The first-order valence-corrected chi connectivity index (χ1v) is 5.79. The van der Waals surface area contributed by atoms with Crippen LogP contribution in [0.15, 0.2) is 24.3 Å². The van der Waals surface area contributed by atoms with Crippen molar-refractivity contribution in [3.8, 4) is 0 Å². The topological polar surface area (TPSA) is 0 Å². The summed E-state index contributed by atoms with van der Waals surface area (Å²) in [6.45, 7) is 4.43. The monoisotopic (exact) mass is 189 g/mol. The molecule has 0 unspecified atom stereocenters. The fourth-order valence-electron chi connectivity index (χ4n) is 1.64. The second kappa shape index (κ2) is 6.64. The van der Waals surface area contributed by atoms with Crippen LogP contribution >= 0.6 is 0 Å². The van der Waals surface area contributed by atoms with E-state index >= 15 is 0 Å². The fraction of sp³-hybridized carbons (Fsp3) is 0.500. The molecule has 0 saturated carbocycles. The molecule has 0 fully saturated rings. The Morgan fingerprint density at radius 1 is 1.00 bits per heavy atom. The summed E-state index contributed by atoms with van der Waals surface area (Å²) in [6.07, 6.45) is 8.60. The summed E-state index contributed by atoms with van der Waals surface area (Å²) < 4.78 is 0. The van der Waals surface area contributed by atoms with Crippen LogP contribution in [0, 0.1) is 6.42 Å². The lowest BCUT2D eigenvalue weighted by atomic mass is 10.0. The van der Waals surface area contributed by atoms with Crippen LogP contribution in [0.2, 0.25) is 0 Å². The van der Waals surface area contributed by atoms with Gasteiger partial charge in [0.15, 0.2) is 0 Å². The first kappa shape index (κ1) is 11.3. The minimum absolute atomic E-state index is 1.12. The van der Waals surface area contributed by atoms with Gasteiger partial charge in [-0.3, -0.25) is 0 Å². The van der Waals surface area contributed by atoms with Gasteiger partial charge in [0, 0.05) is 0 Å². The van der Waals surface area contributed by atoms with E-state index in [1.165, 1.54) is 36.8 Å². The van der Waals surface area contributed by atoms with Crippen LogP contribution in [0.5, 0.6) is 0 Å². The van der Waals surface area contributed by atoms with Gasteiger partial charge in [-0.1, -0.05) is 51.0 Å². The molecule has 1 aromatic carbocycles. The van der Waals surface area contributed by atoms with E-state index in [1.807, 2.05) is 0 Å². The number of unbranched alkanes of at least 4 members (excludes halogenated alkanes) is 2. The molecule has 0 saturated heterocycles. The molecule has 1 rings (SSSR count). The van der Waals surface area contributed by atoms with Crippen LogP contribution in [0.25, 0.3) is 0 Å². The lowest BCUT2D eigenvalue weighted by molar-refractivity contribution is 0.717. The van der Waals surface area contributed by atoms with Crippen LogP contribution < -0.4 is 0 Å². The highest BCUT2D eigenvalue weighted by atomic mass is 14.0. The van der Waals surface area contributed by atoms with Crippen molar-refractivity contribution >= 4 is 0 Å². The average molecular weight is 189 g/mol. The highest BCUT2D eigenvalue weighted by Gasteiger charge is 1.94. The summed E-state index contributed by atoms with van der Waals surface area (Å²) in [5.74, 6) is 0. The Bertz CT molecular complexity index is 233. The Kier molecular flexibility index (Phi) is 5.36. The van der Waals surface area contributed by atoms with E-state index in [2.05, 4.69) is 44.5 Å². The summed E-state index contributed by atoms with van der Waals surface area (Å²) in [5.41, 5.74) is 2.83. The van der Waals surface area contributed by atoms with Gasteiger partial charge in [0.1, 0.15) is 0 Å². The van der Waals surface area contributed by atoms with Gasteiger partial charge >= 0.3 is 0 Å². The van der Waals surface area contributed by atoms with Gasteiger partial charge in [0.05, 0.1) is 0 Å². The van der Waals surface area contributed by atoms with Gasteiger partial charge in [-0.05, 0) is 36.8 Å². The van der Waals surface area contributed by atoms with E-state index < -0.39 is 0 Å². The van der Waals surface area contributed by atoms with Crippen molar-refractivity contribution in [2.45, 2.75) is 46.0 Å². The second-order valence-corrected chi connectivity index (χ2v) is 3.81. The Morgan fingerprint density at radius 3 is 2.29 bits per heavy atom. The summed E-state index contributed by atoms with van der Waals surface area (Å²) in [6, 6.07) is 8.98. The molecule has 1 aromatic rings. The molecule has 0 spiro atoms. The first-order valence-electron chi connectivity index (χ1n) is 5.79. The molecular weight excluding hydrogens is 168 g/mol. The third-order valence-electron chi connectivity index (χ3n) is 2.49. The van der Waals surface area contributed by atoms with Crippen molar-refractivity contribution in [3.63, 3.8) is 0 Å². The highest BCUT2D eigenvalue weighted by molar-refractivity contribution is 5.27. The largest absolute Gasteiger partial charge is 0.0654 e. The number of benzene rings is 1. The van der Waals surface area contributed by atoms with E-state index in [-0.39, 0.29) is 0 Å². The normalized spacial score (nSPS) is 10.4. The lowest BCUT2D eigenvalue weighted by Crippen LogP contribution is -1.86. The fourth-order valence-corrected chi connectivity index (χ4v) is 1.64. The zero-order chi connectivity index (χ0) is 10.2. The minimum atomic E-state index is 1.12. The SMILES string of the molecule is CC[CH]c1ccc(CCCCC)cc1. The summed E-state index contributed by atoms with van der Waals surface area (Å²) in [5, 5.41) is 0. The molecule has 0 aliphatic rings. The molecule has 0 aliphatic carbocycles. The van der Waals surface area contributed by atoms with Crippen molar-refractivity contribution in [1.82, 2.24) is 0 Å². The highest BCUT2D eigenvalue weighted by Crippen LogP contribution is 2.10. The maximum absolute atomic E-state index is 2.26. The van der Waals surface area contributed by atoms with Gasteiger partial charge in [0.25, 0.3) is 0 Å². The van der Waals surface area contributed by atoms with Crippen LogP contribution in [0.4, 0.5) is 0 Å². The Morgan fingerprint density at radius 2 is 1.71 bits per heavy atom. The van der Waals surface area contributed by atoms with Gasteiger partial charge in [-0.15, -0.1) is 0 Å². The average Bonchev–Trinajstić information content (AvgIpc) is 2.21. The number of hydrogen-bond acceptors (Lipinski definition) is 0. The molecule has 0 N–H and O–H groups in total. The van der Waals surface area contributed by atoms with E-state index in [4.69, 9.17) is 0 Å². The zero-order valence-electron chi connectivity index (χ0n) is 9.42. The van der Waals surface area contributed by atoms with Gasteiger partial charge in [-0.2, -0.15) is 0 Å². The Labute approximate surface area is 88.4 Å². The maximum Gasteiger partial charge on any atom is -0.00958 e. The molecule has 77 valence electrons. The van der Waals surface area contributed by atoms with Crippen LogP contribution in [-0.4, -0.2) is 0 Å². The molecule has 0 heterocycles. The summed E-state index contributed by atoms with van der Waals surface area (Å²) in [7, 11) is 0. The van der Waals surface area contributed by atoms with Crippen molar-refractivity contribution in [1.29, 1.82) is 0 Å². The van der Waals surface area contributed by atoms with Crippen LogP contribution in [-0.2, 0) is 6.42 Å². The summed E-state index contributed by atoms with van der Waals surface area (Å²) in [4.78, 5) is 0. The van der Waals surface area contributed by atoms with Crippen LogP contribution in [0.3, 0.4) is 0 Å². The third kappa shape index (κ3) is 3.95. The second-order valence-electron chi connectivity index (χ2n) is 3.81. The van der Waals surface area contributed by atoms with Crippen molar-refractivity contribution in [2.24, 2.45) is 0 Å².